The quantitative estimate of drug-likeness (QED) is 0.807. The Morgan fingerprint density at radius 2 is 2.00 bits per heavy atom. The Hall–Kier alpha value is -0.690. The van der Waals surface area contributed by atoms with E-state index in [2.05, 4.69) is 28.6 Å². The van der Waals surface area contributed by atoms with E-state index in [1.54, 1.807) is 26.0 Å². The molecule has 0 aliphatic carbocycles. The van der Waals surface area contributed by atoms with E-state index in [4.69, 9.17) is 0 Å². The third kappa shape index (κ3) is 4.72. The molecule has 0 radical (unpaired) electrons. The van der Waals surface area contributed by atoms with Crippen LogP contribution < -0.4 is 0 Å². The molecule has 2 nitrogen and oxygen atoms in total. The average molecular weight is 356 g/mol. The number of thiol groups is 1. The molecule has 0 aromatic heterocycles. The lowest BCUT2D eigenvalue weighted by molar-refractivity contribution is -0.143. The number of benzene rings is 1. The molecular weight excluding hydrogens is 343 g/mol. The fourth-order valence-corrected chi connectivity index (χ4v) is 2.13. The van der Waals surface area contributed by atoms with E-state index in [9.17, 15) is 18.0 Å². The van der Waals surface area contributed by atoms with Crippen LogP contribution in [0.5, 0.6) is 0 Å². The van der Waals surface area contributed by atoms with E-state index in [0.29, 0.717) is 9.37 Å². The molecule has 1 rings (SSSR count). The predicted molar refractivity (Wildman–Crippen MR) is 73.6 cm³/mol. The van der Waals surface area contributed by atoms with Gasteiger partial charge in [0.25, 0.3) is 5.91 Å². The van der Waals surface area contributed by atoms with Crippen LogP contribution in [-0.2, 0) is 0 Å². The second-order valence-corrected chi connectivity index (χ2v) is 5.68. The Kier molecular flexibility index (Phi) is 5.32. The zero-order chi connectivity index (χ0) is 14.8. The van der Waals surface area contributed by atoms with Gasteiger partial charge in [0, 0.05) is 15.4 Å². The lowest BCUT2D eigenvalue weighted by Gasteiger charge is -2.28. The summed E-state index contributed by atoms with van der Waals surface area (Å²) in [5.41, 5.74) is 0.172. The zero-order valence-electron chi connectivity index (χ0n) is 10.3. The Morgan fingerprint density at radius 1 is 1.42 bits per heavy atom. The van der Waals surface area contributed by atoms with Crippen molar-refractivity contribution in [3.05, 3.63) is 28.2 Å². The van der Waals surface area contributed by atoms with Crippen molar-refractivity contribution >= 4 is 34.5 Å². The predicted octanol–water partition coefficient (Wildman–Crippen LogP) is 4.15. The fourth-order valence-electron chi connectivity index (χ4n) is 1.51. The molecular formula is C12H13BrF3NOS. The largest absolute Gasteiger partial charge is 0.406 e. The minimum absolute atomic E-state index is 0.172. The van der Waals surface area contributed by atoms with E-state index >= 15 is 0 Å². The zero-order valence-corrected chi connectivity index (χ0v) is 12.8. The summed E-state index contributed by atoms with van der Waals surface area (Å²) in [7, 11) is 0. The van der Waals surface area contributed by atoms with Crippen molar-refractivity contribution in [2.75, 3.05) is 6.54 Å². The molecule has 0 heterocycles. The first kappa shape index (κ1) is 16.4. The maximum atomic E-state index is 12.5. The van der Waals surface area contributed by atoms with Crippen molar-refractivity contribution in [3.8, 4) is 0 Å². The molecule has 106 valence electrons. The minimum atomic E-state index is -4.43. The molecule has 0 saturated carbocycles. The molecule has 0 fully saturated rings. The standard InChI is InChI=1S/C12H13BrF3NOS/c1-7(2)17(6-12(14,15)16)11(18)9-5-8(19)3-4-10(9)13/h3-5,7,19H,6H2,1-2H3. The Morgan fingerprint density at radius 3 is 2.47 bits per heavy atom. The van der Waals surface area contributed by atoms with Crippen molar-refractivity contribution in [2.24, 2.45) is 0 Å². The van der Waals surface area contributed by atoms with Gasteiger partial charge in [0.1, 0.15) is 6.54 Å². The number of rotatable bonds is 3. The second-order valence-electron chi connectivity index (χ2n) is 4.31. The lowest BCUT2D eigenvalue weighted by Crippen LogP contribution is -2.43. The SMILES string of the molecule is CC(C)N(CC(F)(F)F)C(=O)c1cc(S)ccc1Br. The molecule has 0 bridgehead atoms. The van der Waals surface area contributed by atoms with Gasteiger partial charge in [0.05, 0.1) is 5.56 Å². The van der Waals surface area contributed by atoms with Gasteiger partial charge >= 0.3 is 6.18 Å². The number of carbonyl (C=O) groups excluding carboxylic acids is 1. The highest BCUT2D eigenvalue weighted by molar-refractivity contribution is 9.10. The van der Waals surface area contributed by atoms with Gasteiger partial charge in [-0.2, -0.15) is 13.2 Å². The Labute approximate surface area is 123 Å². The summed E-state index contributed by atoms with van der Waals surface area (Å²) in [6, 6.07) is 4.13. The maximum absolute atomic E-state index is 12.5. The highest BCUT2D eigenvalue weighted by Gasteiger charge is 2.35. The maximum Gasteiger partial charge on any atom is 0.406 e. The van der Waals surface area contributed by atoms with Crippen LogP contribution in [0.3, 0.4) is 0 Å². The third-order valence-corrected chi connectivity index (χ3v) is 3.38. The fraction of sp³-hybridized carbons (Fsp3) is 0.417. The summed E-state index contributed by atoms with van der Waals surface area (Å²) in [5.74, 6) is -0.671. The lowest BCUT2D eigenvalue weighted by atomic mass is 10.1. The van der Waals surface area contributed by atoms with E-state index in [-0.39, 0.29) is 5.56 Å². The van der Waals surface area contributed by atoms with Gasteiger partial charge in [0.2, 0.25) is 0 Å². The average Bonchev–Trinajstić information content (AvgIpc) is 2.27. The number of amides is 1. The number of hydrogen-bond donors (Lipinski definition) is 1. The number of nitrogens with zero attached hydrogens (tertiary/aromatic N) is 1. The first-order valence-corrected chi connectivity index (χ1v) is 6.72. The topological polar surface area (TPSA) is 20.3 Å². The highest BCUT2D eigenvalue weighted by Crippen LogP contribution is 2.25. The smallest absolute Gasteiger partial charge is 0.327 e. The molecule has 0 unspecified atom stereocenters. The normalized spacial score (nSPS) is 11.8. The molecule has 0 saturated heterocycles. The van der Waals surface area contributed by atoms with Crippen LogP contribution in [-0.4, -0.2) is 29.6 Å². The summed E-state index contributed by atoms with van der Waals surface area (Å²) < 4.78 is 38.0. The van der Waals surface area contributed by atoms with Crippen molar-refractivity contribution in [1.29, 1.82) is 0 Å². The molecule has 0 spiro atoms. The van der Waals surface area contributed by atoms with Crippen LogP contribution in [0.4, 0.5) is 13.2 Å². The monoisotopic (exact) mass is 355 g/mol. The van der Waals surface area contributed by atoms with Crippen LogP contribution in [0, 0.1) is 0 Å². The molecule has 0 aliphatic rings. The summed E-state index contributed by atoms with van der Waals surface area (Å²) in [4.78, 5) is 13.5. The molecule has 0 N–H and O–H groups in total. The summed E-state index contributed by atoms with van der Waals surface area (Å²) in [6.07, 6.45) is -4.43. The minimum Gasteiger partial charge on any atom is -0.327 e. The van der Waals surface area contributed by atoms with Crippen molar-refractivity contribution in [3.63, 3.8) is 0 Å². The molecule has 1 aromatic rings. The molecule has 0 aliphatic heterocycles. The van der Waals surface area contributed by atoms with Crippen LogP contribution in [0.25, 0.3) is 0 Å². The van der Waals surface area contributed by atoms with E-state index < -0.39 is 24.7 Å². The van der Waals surface area contributed by atoms with Gasteiger partial charge in [0.15, 0.2) is 0 Å². The molecule has 1 amide bonds. The van der Waals surface area contributed by atoms with Crippen molar-refractivity contribution in [2.45, 2.75) is 31.0 Å². The summed E-state index contributed by atoms with van der Waals surface area (Å²) in [5, 5.41) is 0. The van der Waals surface area contributed by atoms with Crippen molar-refractivity contribution in [1.82, 2.24) is 4.90 Å². The number of hydrogen-bond acceptors (Lipinski definition) is 2. The number of alkyl halides is 3. The first-order chi connectivity index (χ1) is 8.61. The third-order valence-electron chi connectivity index (χ3n) is 2.41. The number of halogens is 4. The Balaban J connectivity index is 3.09. The van der Waals surface area contributed by atoms with Crippen LogP contribution >= 0.6 is 28.6 Å². The molecule has 1 aromatic carbocycles. The molecule has 0 atom stereocenters. The van der Waals surface area contributed by atoms with Crippen molar-refractivity contribution < 1.29 is 18.0 Å². The van der Waals surface area contributed by atoms with Crippen LogP contribution in [0.2, 0.25) is 0 Å². The number of carbonyl (C=O) groups is 1. The highest BCUT2D eigenvalue weighted by atomic mass is 79.9. The van der Waals surface area contributed by atoms with E-state index in [1.165, 1.54) is 6.07 Å². The van der Waals surface area contributed by atoms with Crippen LogP contribution in [0.1, 0.15) is 24.2 Å². The summed E-state index contributed by atoms with van der Waals surface area (Å²) in [6.45, 7) is 1.82. The van der Waals surface area contributed by atoms with Gasteiger partial charge < -0.3 is 4.90 Å². The second kappa shape index (κ2) is 6.17. The van der Waals surface area contributed by atoms with E-state index in [0.717, 1.165) is 4.90 Å². The van der Waals surface area contributed by atoms with Gasteiger partial charge in [-0.05, 0) is 48.0 Å². The van der Waals surface area contributed by atoms with Gasteiger partial charge in [-0.15, -0.1) is 12.6 Å². The molecule has 19 heavy (non-hydrogen) atoms. The van der Waals surface area contributed by atoms with E-state index in [1.807, 2.05) is 0 Å². The Bertz CT molecular complexity index is 477. The van der Waals surface area contributed by atoms with Gasteiger partial charge in [-0.25, -0.2) is 0 Å². The summed E-state index contributed by atoms with van der Waals surface area (Å²) >= 11 is 7.25. The van der Waals surface area contributed by atoms with Crippen LogP contribution in [0.15, 0.2) is 27.6 Å². The van der Waals surface area contributed by atoms with Gasteiger partial charge in [-0.3, -0.25) is 4.79 Å². The first-order valence-electron chi connectivity index (χ1n) is 5.48. The molecule has 7 heteroatoms. The van der Waals surface area contributed by atoms with Gasteiger partial charge in [-0.1, -0.05) is 0 Å².